The summed E-state index contributed by atoms with van der Waals surface area (Å²) in [5.74, 6) is 1.11. The van der Waals surface area contributed by atoms with Crippen LogP contribution in [0, 0.1) is 0 Å². The van der Waals surface area contributed by atoms with Crippen molar-refractivity contribution in [1.29, 1.82) is 0 Å². The zero-order chi connectivity index (χ0) is 9.97. The number of fused-ring (bicyclic) bond motifs is 1. The first kappa shape index (κ1) is 9.74. The zero-order valence-corrected chi connectivity index (χ0v) is 8.49. The fourth-order valence-electron chi connectivity index (χ4n) is 2.01. The second kappa shape index (κ2) is 4.15. The highest BCUT2D eigenvalue weighted by molar-refractivity contribution is 5.23. The number of hydrogen-bond donors (Lipinski definition) is 2. The summed E-state index contributed by atoms with van der Waals surface area (Å²) in [4.78, 5) is 0. The van der Waals surface area contributed by atoms with Crippen molar-refractivity contribution in [3.05, 3.63) is 23.7 Å². The number of aryl methyl sites for hydroxylation is 1. The molecule has 78 valence electrons. The molecule has 0 saturated heterocycles. The predicted octanol–water partition coefficient (Wildman–Crippen LogP) is 1.63. The van der Waals surface area contributed by atoms with Crippen molar-refractivity contribution in [2.24, 2.45) is 0 Å². The molecule has 3 nitrogen and oxygen atoms in total. The van der Waals surface area contributed by atoms with Gasteiger partial charge in [-0.05, 0) is 25.8 Å². The van der Waals surface area contributed by atoms with E-state index in [4.69, 9.17) is 4.42 Å². The highest BCUT2D eigenvalue weighted by atomic mass is 16.3. The van der Waals surface area contributed by atoms with Gasteiger partial charge < -0.3 is 14.8 Å². The third-order valence-electron chi connectivity index (χ3n) is 2.71. The molecule has 1 aliphatic rings. The van der Waals surface area contributed by atoms with Gasteiger partial charge in [0.2, 0.25) is 0 Å². The molecule has 1 aromatic heterocycles. The van der Waals surface area contributed by atoms with Crippen molar-refractivity contribution >= 4 is 0 Å². The molecule has 0 fully saturated rings. The molecule has 2 rings (SSSR count). The van der Waals surface area contributed by atoms with E-state index in [1.165, 1.54) is 5.56 Å². The second-order valence-electron chi connectivity index (χ2n) is 4.00. The Kier molecular flexibility index (Phi) is 2.89. The van der Waals surface area contributed by atoms with Gasteiger partial charge >= 0.3 is 0 Å². The van der Waals surface area contributed by atoms with Gasteiger partial charge in [-0.3, -0.25) is 0 Å². The van der Waals surface area contributed by atoms with Crippen LogP contribution in [0.15, 0.2) is 16.7 Å². The molecule has 0 aromatic carbocycles. The molecule has 0 amide bonds. The predicted molar refractivity (Wildman–Crippen MR) is 54.1 cm³/mol. The average Bonchev–Trinajstić information content (AvgIpc) is 2.62. The van der Waals surface area contributed by atoms with E-state index in [1.807, 2.05) is 6.07 Å². The van der Waals surface area contributed by atoms with E-state index in [0.717, 1.165) is 25.0 Å². The molecule has 1 heterocycles. The van der Waals surface area contributed by atoms with E-state index in [1.54, 1.807) is 13.2 Å². The number of aliphatic hydroxyl groups is 1. The molecular formula is C11H17NO2. The van der Waals surface area contributed by atoms with Gasteiger partial charge in [-0.1, -0.05) is 0 Å². The van der Waals surface area contributed by atoms with E-state index in [-0.39, 0.29) is 6.10 Å². The highest BCUT2D eigenvalue weighted by Gasteiger charge is 2.21. The molecule has 0 bridgehead atoms. The van der Waals surface area contributed by atoms with Gasteiger partial charge in [-0.2, -0.15) is 0 Å². The summed E-state index contributed by atoms with van der Waals surface area (Å²) in [6.45, 7) is 2.45. The van der Waals surface area contributed by atoms with Crippen LogP contribution in [0.1, 0.15) is 37.1 Å². The van der Waals surface area contributed by atoms with Crippen LogP contribution in [0.2, 0.25) is 0 Å². The van der Waals surface area contributed by atoms with Crippen molar-refractivity contribution < 1.29 is 9.52 Å². The van der Waals surface area contributed by atoms with Crippen molar-refractivity contribution in [2.45, 2.75) is 38.3 Å². The normalized spacial score (nSPS) is 23.1. The Hall–Kier alpha value is -0.800. The van der Waals surface area contributed by atoms with E-state index >= 15 is 0 Å². The van der Waals surface area contributed by atoms with Crippen LogP contribution in [0.25, 0.3) is 0 Å². The van der Waals surface area contributed by atoms with Crippen LogP contribution in [0.3, 0.4) is 0 Å². The van der Waals surface area contributed by atoms with E-state index in [9.17, 15) is 5.11 Å². The molecule has 1 aliphatic carbocycles. The van der Waals surface area contributed by atoms with Gasteiger partial charge in [0.05, 0.1) is 12.4 Å². The Labute approximate surface area is 84.1 Å². The molecule has 3 heteroatoms. The minimum Gasteiger partial charge on any atom is -0.469 e. The standard InChI is InChI=1S/C11H17NO2/c1-8(13)7-12-10-3-2-4-11-9(10)5-6-14-11/h5-6,8,10,12-13H,2-4,7H2,1H3/t8-,10?/m0/s1. The fourth-order valence-corrected chi connectivity index (χ4v) is 2.01. The lowest BCUT2D eigenvalue weighted by atomic mass is 9.93. The quantitative estimate of drug-likeness (QED) is 0.770. The Morgan fingerprint density at radius 2 is 2.57 bits per heavy atom. The first-order valence-corrected chi connectivity index (χ1v) is 5.25. The summed E-state index contributed by atoms with van der Waals surface area (Å²) in [5.41, 5.74) is 1.27. The number of furan rings is 1. The van der Waals surface area contributed by atoms with Crippen LogP contribution >= 0.6 is 0 Å². The molecule has 0 spiro atoms. The number of aliphatic hydroxyl groups excluding tert-OH is 1. The fraction of sp³-hybridized carbons (Fsp3) is 0.636. The molecule has 1 unspecified atom stereocenters. The summed E-state index contributed by atoms with van der Waals surface area (Å²) in [6, 6.07) is 2.40. The lowest BCUT2D eigenvalue weighted by Gasteiger charge is -2.23. The van der Waals surface area contributed by atoms with Gasteiger partial charge in [0.15, 0.2) is 0 Å². The summed E-state index contributed by atoms with van der Waals surface area (Å²) in [6.07, 6.45) is 4.83. The summed E-state index contributed by atoms with van der Waals surface area (Å²) in [5, 5.41) is 12.5. The van der Waals surface area contributed by atoms with Crippen LogP contribution < -0.4 is 5.32 Å². The third kappa shape index (κ3) is 1.99. The largest absolute Gasteiger partial charge is 0.469 e. The number of rotatable bonds is 3. The molecule has 1 aromatic rings. The first-order chi connectivity index (χ1) is 6.77. The minimum atomic E-state index is -0.285. The Bertz CT molecular complexity index is 293. The molecule has 2 atom stereocenters. The summed E-state index contributed by atoms with van der Waals surface area (Å²) in [7, 11) is 0. The van der Waals surface area contributed by atoms with Crippen LogP contribution in [-0.4, -0.2) is 17.8 Å². The Morgan fingerprint density at radius 1 is 1.71 bits per heavy atom. The Morgan fingerprint density at radius 3 is 3.36 bits per heavy atom. The highest BCUT2D eigenvalue weighted by Crippen LogP contribution is 2.30. The van der Waals surface area contributed by atoms with Crippen molar-refractivity contribution in [3.8, 4) is 0 Å². The lowest BCUT2D eigenvalue weighted by molar-refractivity contribution is 0.184. The molecule has 0 radical (unpaired) electrons. The van der Waals surface area contributed by atoms with Crippen molar-refractivity contribution in [1.82, 2.24) is 5.32 Å². The smallest absolute Gasteiger partial charge is 0.108 e. The number of hydrogen-bond acceptors (Lipinski definition) is 3. The SMILES string of the molecule is C[C@H](O)CNC1CCCc2occc21. The topological polar surface area (TPSA) is 45.4 Å². The van der Waals surface area contributed by atoms with Gasteiger partial charge in [-0.25, -0.2) is 0 Å². The maximum atomic E-state index is 9.20. The summed E-state index contributed by atoms with van der Waals surface area (Å²) < 4.78 is 5.39. The van der Waals surface area contributed by atoms with Gasteiger partial charge in [0.1, 0.15) is 5.76 Å². The zero-order valence-electron chi connectivity index (χ0n) is 8.49. The average molecular weight is 195 g/mol. The number of nitrogens with one attached hydrogen (secondary N) is 1. The van der Waals surface area contributed by atoms with Crippen molar-refractivity contribution in [2.75, 3.05) is 6.54 Å². The van der Waals surface area contributed by atoms with Crippen molar-refractivity contribution in [3.63, 3.8) is 0 Å². The maximum Gasteiger partial charge on any atom is 0.108 e. The van der Waals surface area contributed by atoms with E-state index in [2.05, 4.69) is 5.32 Å². The van der Waals surface area contributed by atoms with Gasteiger partial charge in [-0.15, -0.1) is 0 Å². The third-order valence-corrected chi connectivity index (χ3v) is 2.71. The Balaban J connectivity index is 2.01. The molecule has 2 N–H and O–H groups in total. The van der Waals surface area contributed by atoms with E-state index < -0.39 is 0 Å². The van der Waals surface area contributed by atoms with Crippen LogP contribution in [-0.2, 0) is 6.42 Å². The van der Waals surface area contributed by atoms with Gasteiger partial charge in [0, 0.05) is 24.6 Å². The second-order valence-corrected chi connectivity index (χ2v) is 4.00. The molecule has 0 aliphatic heterocycles. The monoisotopic (exact) mass is 195 g/mol. The van der Waals surface area contributed by atoms with Crippen LogP contribution in [0.5, 0.6) is 0 Å². The molecule has 0 saturated carbocycles. The summed E-state index contributed by atoms with van der Waals surface area (Å²) >= 11 is 0. The van der Waals surface area contributed by atoms with Crippen LogP contribution in [0.4, 0.5) is 0 Å². The van der Waals surface area contributed by atoms with E-state index in [0.29, 0.717) is 12.6 Å². The molecular weight excluding hydrogens is 178 g/mol. The minimum absolute atomic E-state index is 0.285. The maximum absolute atomic E-state index is 9.20. The molecule has 14 heavy (non-hydrogen) atoms. The van der Waals surface area contributed by atoms with Gasteiger partial charge in [0.25, 0.3) is 0 Å². The lowest BCUT2D eigenvalue weighted by Crippen LogP contribution is -2.30. The first-order valence-electron chi connectivity index (χ1n) is 5.25.